The average Bonchev–Trinajstić information content (AvgIpc) is 2.93. The van der Waals surface area contributed by atoms with Crippen molar-refractivity contribution in [2.75, 3.05) is 40.9 Å². The maximum Gasteiger partial charge on any atom is 0.472 e. The van der Waals surface area contributed by atoms with Crippen LogP contribution in [0.3, 0.4) is 0 Å². The number of phosphoric ester groups is 1. The van der Waals surface area contributed by atoms with E-state index < -0.39 is 20.0 Å². The van der Waals surface area contributed by atoms with Crippen molar-refractivity contribution in [2.24, 2.45) is 0 Å². The molecule has 43 heavy (non-hydrogen) atoms. The summed E-state index contributed by atoms with van der Waals surface area (Å²) in [4.78, 5) is 22.7. The lowest BCUT2D eigenvalue weighted by Crippen LogP contribution is -2.46. The maximum atomic E-state index is 12.6. The van der Waals surface area contributed by atoms with Gasteiger partial charge in [-0.3, -0.25) is 13.8 Å². The number of carbonyl (C=O) groups is 1. The number of nitrogens with zero attached hydrogens (tertiary/aromatic N) is 1. The van der Waals surface area contributed by atoms with Crippen LogP contribution in [0.4, 0.5) is 0 Å². The fourth-order valence-corrected chi connectivity index (χ4v) is 5.90. The van der Waals surface area contributed by atoms with E-state index in [4.69, 9.17) is 9.05 Å². The zero-order valence-corrected chi connectivity index (χ0v) is 29.9. The van der Waals surface area contributed by atoms with E-state index in [1.165, 1.54) is 96.3 Å². The molecule has 0 aromatic carbocycles. The van der Waals surface area contributed by atoms with E-state index in [-0.39, 0.29) is 19.1 Å². The van der Waals surface area contributed by atoms with Crippen LogP contribution >= 0.6 is 7.82 Å². The van der Waals surface area contributed by atoms with Crippen LogP contribution in [0.2, 0.25) is 0 Å². The topological polar surface area (TPSA) is 105 Å². The van der Waals surface area contributed by atoms with Crippen molar-refractivity contribution >= 4 is 13.7 Å². The summed E-state index contributed by atoms with van der Waals surface area (Å²) in [6, 6.07) is -0.748. The van der Waals surface area contributed by atoms with Gasteiger partial charge in [-0.15, -0.1) is 0 Å². The number of carbonyl (C=O) groups excluding carboxylic acids is 1. The third-order valence-corrected chi connectivity index (χ3v) is 9.09. The number of amides is 1. The van der Waals surface area contributed by atoms with Gasteiger partial charge in [0.05, 0.1) is 39.9 Å². The Morgan fingerprint density at radius 3 is 1.56 bits per heavy atom. The van der Waals surface area contributed by atoms with Gasteiger partial charge in [-0.1, -0.05) is 142 Å². The Hall–Kier alpha value is -0.500. The fraction of sp³-hybridized carbons (Fsp3) is 0.971. The summed E-state index contributed by atoms with van der Waals surface area (Å²) in [6.07, 6.45) is 26.3. The molecule has 0 saturated heterocycles. The highest BCUT2D eigenvalue weighted by Gasteiger charge is 2.28. The lowest BCUT2D eigenvalue weighted by molar-refractivity contribution is -0.870. The first-order valence-corrected chi connectivity index (χ1v) is 19.4. The van der Waals surface area contributed by atoms with Gasteiger partial charge in [0.1, 0.15) is 13.2 Å². The van der Waals surface area contributed by atoms with Crippen molar-refractivity contribution in [3.05, 3.63) is 0 Å². The number of unbranched alkanes of at least 4 members (excludes halogenated alkanes) is 19. The minimum Gasteiger partial charge on any atom is -0.391 e. The molecule has 0 aromatic rings. The Balaban J connectivity index is 4.05. The monoisotopic (exact) mass is 636 g/mol. The van der Waals surface area contributed by atoms with E-state index in [0.717, 1.165) is 38.5 Å². The highest BCUT2D eigenvalue weighted by Crippen LogP contribution is 2.43. The molecule has 0 heterocycles. The molecule has 258 valence electrons. The Labute approximate surface area is 266 Å². The van der Waals surface area contributed by atoms with Crippen LogP contribution in [0.25, 0.3) is 0 Å². The second-order valence-corrected chi connectivity index (χ2v) is 15.1. The van der Waals surface area contributed by atoms with Gasteiger partial charge < -0.3 is 19.8 Å². The average molecular weight is 636 g/mol. The number of aliphatic hydroxyl groups is 1. The molecule has 0 saturated carbocycles. The zero-order chi connectivity index (χ0) is 32.2. The second kappa shape index (κ2) is 27.8. The third-order valence-electron chi connectivity index (χ3n) is 8.11. The zero-order valence-electron chi connectivity index (χ0n) is 29.0. The van der Waals surface area contributed by atoms with E-state index in [1.54, 1.807) is 0 Å². The number of nitrogens with one attached hydrogen (secondary N) is 1. The van der Waals surface area contributed by atoms with Gasteiger partial charge in [-0.2, -0.15) is 0 Å². The van der Waals surface area contributed by atoms with Crippen LogP contribution in [0.5, 0.6) is 0 Å². The molecule has 0 aromatic heterocycles. The van der Waals surface area contributed by atoms with E-state index >= 15 is 0 Å². The van der Waals surface area contributed by atoms with E-state index in [2.05, 4.69) is 19.2 Å². The van der Waals surface area contributed by atoms with E-state index in [9.17, 15) is 19.4 Å². The summed E-state index contributed by atoms with van der Waals surface area (Å²) in [6.45, 7) is 4.72. The number of hydrogen-bond donors (Lipinski definition) is 3. The Morgan fingerprint density at radius 1 is 0.698 bits per heavy atom. The lowest BCUT2D eigenvalue weighted by Gasteiger charge is -2.26. The van der Waals surface area contributed by atoms with Crippen molar-refractivity contribution in [3.63, 3.8) is 0 Å². The third kappa shape index (κ3) is 29.9. The van der Waals surface area contributed by atoms with Gasteiger partial charge in [0.25, 0.3) is 0 Å². The number of phosphoric acid groups is 1. The summed E-state index contributed by atoms with van der Waals surface area (Å²) in [7, 11) is 1.61. The fourth-order valence-electron chi connectivity index (χ4n) is 5.16. The Morgan fingerprint density at radius 2 is 1.12 bits per heavy atom. The van der Waals surface area contributed by atoms with Crippen molar-refractivity contribution in [1.29, 1.82) is 0 Å². The van der Waals surface area contributed by atoms with Crippen molar-refractivity contribution in [1.82, 2.24) is 5.32 Å². The molecule has 3 N–H and O–H groups in total. The number of rotatable bonds is 32. The molecule has 0 radical (unpaired) electrons. The number of likely N-dealkylation sites (N-methyl/N-ethyl adjacent to an activating group) is 1. The maximum absolute atomic E-state index is 12.6. The molecule has 0 aliphatic heterocycles. The van der Waals surface area contributed by atoms with Gasteiger partial charge in [-0.05, 0) is 12.8 Å². The summed E-state index contributed by atoms with van der Waals surface area (Å²) in [5, 5.41) is 13.5. The highest BCUT2D eigenvalue weighted by molar-refractivity contribution is 7.47. The normalized spacial score (nSPS) is 14.9. The van der Waals surface area contributed by atoms with Crippen LogP contribution in [0.1, 0.15) is 162 Å². The van der Waals surface area contributed by atoms with E-state index in [0.29, 0.717) is 23.9 Å². The van der Waals surface area contributed by atoms with Crippen LogP contribution in [-0.4, -0.2) is 73.4 Å². The Bertz CT molecular complexity index is 688. The molecular weight excluding hydrogens is 563 g/mol. The lowest BCUT2D eigenvalue weighted by atomic mass is 10.0. The summed E-state index contributed by atoms with van der Waals surface area (Å²) in [5.74, 6) is -0.154. The molecule has 3 unspecified atom stereocenters. The van der Waals surface area contributed by atoms with Gasteiger partial charge in [0.15, 0.2) is 0 Å². The summed E-state index contributed by atoms with van der Waals surface area (Å²) >= 11 is 0. The van der Waals surface area contributed by atoms with E-state index in [1.807, 2.05) is 21.1 Å². The predicted octanol–water partition coefficient (Wildman–Crippen LogP) is 8.68. The van der Waals surface area contributed by atoms with Gasteiger partial charge in [-0.25, -0.2) is 4.57 Å². The smallest absolute Gasteiger partial charge is 0.391 e. The molecule has 0 spiro atoms. The summed E-state index contributed by atoms with van der Waals surface area (Å²) < 4.78 is 23.2. The second-order valence-electron chi connectivity index (χ2n) is 13.6. The summed E-state index contributed by atoms with van der Waals surface area (Å²) in [5.41, 5.74) is 0. The number of quaternary nitrogens is 1. The molecule has 8 nitrogen and oxygen atoms in total. The molecule has 0 aliphatic rings. The van der Waals surface area contributed by atoms with Gasteiger partial charge in [0, 0.05) is 6.42 Å². The van der Waals surface area contributed by atoms with Crippen molar-refractivity contribution in [3.8, 4) is 0 Å². The molecule has 9 heteroatoms. The minimum atomic E-state index is -4.28. The first-order valence-electron chi connectivity index (χ1n) is 17.9. The molecule has 0 rings (SSSR count). The molecule has 1 amide bonds. The minimum absolute atomic E-state index is 0.0761. The SMILES string of the molecule is CCCCCCCCCCCCCCCCCCCCC(=O)NC(COP(=O)(O)OCC[N+](C)(C)C)C(O)CCCCC. The van der Waals surface area contributed by atoms with Crippen molar-refractivity contribution < 1.29 is 32.9 Å². The predicted molar refractivity (Wildman–Crippen MR) is 180 cm³/mol. The molecule has 3 atom stereocenters. The highest BCUT2D eigenvalue weighted by atomic mass is 31.2. The first-order chi connectivity index (χ1) is 20.5. The van der Waals surface area contributed by atoms with Crippen molar-refractivity contribution in [2.45, 2.75) is 174 Å². The number of aliphatic hydroxyl groups excluding tert-OH is 1. The van der Waals surface area contributed by atoms with Crippen LogP contribution in [0.15, 0.2) is 0 Å². The quantitative estimate of drug-likeness (QED) is 0.0388. The van der Waals surface area contributed by atoms with Crippen LogP contribution < -0.4 is 5.32 Å². The van der Waals surface area contributed by atoms with Crippen LogP contribution in [-0.2, 0) is 18.4 Å². The van der Waals surface area contributed by atoms with Crippen LogP contribution in [0, 0.1) is 0 Å². The Kier molecular flexibility index (Phi) is 27.5. The molecule has 0 aliphatic carbocycles. The molecule has 0 fully saturated rings. The standard InChI is InChI=1S/C34H71N2O6P/c1-6-8-10-11-12-13-14-15-16-17-18-19-20-21-22-23-24-26-28-34(38)35-32(33(37)27-25-9-7-2)31-42-43(39,40)41-30-29-36(3,4)5/h32-33,37H,6-31H2,1-5H3,(H-,35,38,39,40)/p+1. The van der Waals surface area contributed by atoms with Gasteiger partial charge >= 0.3 is 7.82 Å². The largest absolute Gasteiger partial charge is 0.472 e. The first kappa shape index (κ1) is 42.5. The van der Waals surface area contributed by atoms with Gasteiger partial charge in [0.2, 0.25) is 5.91 Å². The molecule has 0 bridgehead atoms. The number of hydrogen-bond acceptors (Lipinski definition) is 5. The molecular formula is C34H72N2O6P+.